The summed E-state index contributed by atoms with van der Waals surface area (Å²) in [6, 6.07) is 4.79. The summed E-state index contributed by atoms with van der Waals surface area (Å²) in [5.74, 6) is 0.746. The summed E-state index contributed by atoms with van der Waals surface area (Å²) in [4.78, 5) is 11.0. The van der Waals surface area contributed by atoms with Crippen LogP contribution in [0.25, 0.3) is 0 Å². The summed E-state index contributed by atoms with van der Waals surface area (Å²) in [5, 5.41) is 2.16. The second kappa shape index (κ2) is 9.08. The molecule has 0 amide bonds. The van der Waals surface area contributed by atoms with Crippen molar-refractivity contribution in [3.63, 3.8) is 0 Å². The third kappa shape index (κ3) is 4.58. The molecule has 3 heterocycles. The van der Waals surface area contributed by atoms with E-state index in [4.69, 9.17) is 10.7 Å². The molecule has 6 heteroatoms. The van der Waals surface area contributed by atoms with E-state index in [0.717, 1.165) is 25.6 Å². The molecule has 0 radical (unpaired) electrons. The second-order valence-corrected chi connectivity index (χ2v) is 7.00. The first-order chi connectivity index (χ1) is 10.3. The fourth-order valence-corrected chi connectivity index (χ4v) is 4.17. The maximum atomic E-state index is 6.21. The highest BCUT2D eigenvalue weighted by atomic mass is 127. The molecule has 1 unspecified atom stereocenters. The van der Waals surface area contributed by atoms with Crippen molar-refractivity contribution >= 4 is 41.3 Å². The number of aliphatic imine (C=N–C) groups is 1. The first kappa shape index (κ1) is 18.0. The van der Waals surface area contributed by atoms with Crippen molar-refractivity contribution in [3.05, 3.63) is 22.4 Å². The van der Waals surface area contributed by atoms with Crippen LogP contribution in [-0.2, 0) is 0 Å². The van der Waals surface area contributed by atoms with E-state index >= 15 is 0 Å². The highest BCUT2D eigenvalue weighted by Gasteiger charge is 2.24. The van der Waals surface area contributed by atoms with Gasteiger partial charge in [-0.2, -0.15) is 0 Å². The monoisotopic (exact) mass is 434 g/mol. The number of hydrogen-bond acceptors (Lipinski definition) is 3. The van der Waals surface area contributed by atoms with Gasteiger partial charge in [0, 0.05) is 18.0 Å². The summed E-state index contributed by atoms with van der Waals surface area (Å²) in [5.41, 5.74) is 6.21. The van der Waals surface area contributed by atoms with Crippen LogP contribution in [0.1, 0.15) is 43.0 Å². The summed E-state index contributed by atoms with van der Waals surface area (Å²) >= 11 is 1.84. The van der Waals surface area contributed by atoms with Crippen LogP contribution in [0.2, 0.25) is 0 Å². The lowest BCUT2D eigenvalue weighted by molar-refractivity contribution is 0.254. The third-order valence-corrected chi connectivity index (χ3v) is 5.53. The summed E-state index contributed by atoms with van der Waals surface area (Å²) in [6.07, 6.45) is 6.45. The average Bonchev–Trinajstić information content (AvgIpc) is 3.22. The number of likely N-dealkylation sites (tertiary alicyclic amines) is 2. The zero-order valence-corrected chi connectivity index (χ0v) is 16.3. The van der Waals surface area contributed by atoms with Gasteiger partial charge in [0.1, 0.15) is 0 Å². The molecule has 2 fully saturated rings. The van der Waals surface area contributed by atoms with Crippen LogP contribution in [0, 0.1) is 0 Å². The Balaban J connectivity index is 0.00000176. The van der Waals surface area contributed by atoms with E-state index in [1.54, 1.807) is 0 Å². The number of piperidine rings is 1. The van der Waals surface area contributed by atoms with Crippen LogP contribution in [0.5, 0.6) is 0 Å². The third-order valence-electron chi connectivity index (χ3n) is 4.56. The number of nitrogens with zero attached hydrogens (tertiary/aromatic N) is 3. The first-order valence-electron chi connectivity index (χ1n) is 8.17. The molecule has 1 atom stereocenters. The predicted octanol–water partition coefficient (Wildman–Crippen LogP) is 3.30. The number of rotatable bonds is 4. The minimum Gasteiger partial charge on any atom is -0.370 e. The van der Waals surface area contributed by atoms with E-state index in [9.17, 15) is 0 Å². The van der Waals surface area contributed by atoms with Crippen molar-refractivity contribution in [1.82, 2.24) is 9.80 Å². The van der Waals surface area contributed by atoms with Gasteiger partial charge >= 0.3 is 0 Å². The molecule has 0 saturated carbocycles. The lowest BCUT2D eigenvalue weighted by atomic mass is 10.1. The largest absolute Gasteiger partial charge is 0.370 e. The minimum atomic E-state index is 0. The summed E-state index contributed by atoms with van der Waals surface area (Å²) < 4.78 is 0. The van der Waals surface area contributed by atoms with Gasteiger partial charge < -0.3 is 10.6 Å². The molecule has 1 aromatic heterocycles. The van der Waals surface area contributed by atoms with Gasteiger partial charge in [-0.15, -0.1) is 35.3 Å². The van der Waals surface area contributed by atoms with Crippen molar-refractivity contribution in [2.24, 2.45) is 10.7 Å². The first-order valence-corrected chi connectivity index (χ1v) is 9.05. The highest BCUT2D eigenvalue weighted by molar-refractivity contribution is 14.0. The molecule has 2 saturated heterocycles. The van der Waals surface area contributed by atoms with Gasteiger partial charge in [-0.25, -0.2) is 0 Å². The Kier molecular flexibility index (Phi) is 7.43. The van der Waals surface area contributed by atoms with Crippen LogP contribution >= 0.6 is 35.3 Å². The van der Waals surface area contributed by atoms with E-state index in [1.165, 1.54) is 50.1 Å². The molecule has 2 aliphatic rings. The van der Waals surface area contributed by atoms with Crippen LogP contribution < -0.4 is 5.73 Å². The number of halogens is 1. The van der Waals surface area contributed by atoms with Crippen LogP contribution in [0.4, 0.5) is 0 Å². The van der Waals surface area contributed by atoms with Crippen molar-refractivity contribution in [3.8, 4) is 0 Å². The number of nitrogens with two attached hydrogens (primary N) is 1. The molecule has 22 heavy (non-hydrogen) atoms. The summed E-state index contributed by atoms with van der Waals surface area (Å²) in [7, 11) is 0. The van der Waals surface area contributed by atoms with Crippen LogP contribution in [-0.4, -0.2) is 48.5 Å². The average molecular weight is 434 g/mol. The summed E-state index contributed by atoms with van der Waals surface area (Å²) in [6.45, 7) is 5.33. The Morgan fingerprint density at radius 2 is 1.82 bits per heavy atom. The molecule has 2 aliphatic heterocycles. The smallest absolute Gasteiger partial charge is 0.191 e. The minimum absolute atomic E-state index is 0. The van der Waals surface area contributed by atoms with E-state index in [0.29, 0.717) is 6.04 Å². The van der Waals surface area contributed by atoms with E-state index < -0.39 is 0 Å². The molecule has 0 spiro atoms. The van der Waals surface area contributed by atoms with Gasteiger partial charge in [-0.3, -0.25) is 9.89 Å². The molecular weight excluding hydrogens is 407 g/mol. The zero-order chi connectivity index (χ0) is 14.5. The van der Waals surface area contributed by atoms with Gasteiger partial charge in [0.2, 0.25) is 0 Å². The van der Waals surface area contributed by atoms with Crippen molar-refractivity contribution in [1.29, 1.82) is 0 Å². The molecular formula is C16H27IN4S. The Bertz CT molecular complexity index is 451. The van der Waals surface area contributed by atoms with Gasteiger partial charge in [0.15, 0.2) is 5.96 Å². The molecule has 2 N–H and O–H groups in total. The van der Waals surface area contributed by atoms with E-state index in [-0.39, 0.29) is 24.0 Å². The van der Waals surface area contributed by atoms with Gasteiger partial charge in [-0.05, 0) is 56.6 Å². The quantitative estimate of drug-likeness (QED) is 0.450. The van der Waals surface area contributed by atoms with E-state index in [2.05, 4.69) is 27.3 Å². The molecule has 0 aromatic carbocycles. The zero-order valence-electron chi connectivity index (χ0n) is 13.1. The molecule has 0 aliphatic carbocycles. The standard InChI is InChI=1S/C16H26N4S.HI/c17-16(20-10-2-1-3-11-20)18-13-14(15-7-6-12-21-15)19-8-4-5-9-19;/h6-7,12,14H,1-5,8-11,13H2,(H2,17,18);1H. The van der Waals surface area contributed by atoms with Crippen LogP contribution in [0.3, 0.4) is 0 Å². The fourth-order valence-electron chi connectivity index (χ4n) is 3.32. The van der Waals surface area contributed by atoms with Crippen molar-refractivity contribution in [2.75, 3.05) is 32.7 Å². The van der Waals surface area contributed by atoms with Crippen molar-refractivity contribution in [2.45, 2.75) is 38.1 Å². The predicted molar refractivity (Wildman–Crippen MR) is 105 cm³/mol. The Hall–Kier alpha value is -0.340. The van der Waals surface area contributed by atoms with Gasteiger partial charge in [0.05, 0.1) is 12.6 Å². The Morgan fingerprint density at radius 3 is 2.45 bits per heavy atom. The highest BCUT2D eigenvalue weighted by Crippen LogP contribution is 2.28. The van der Waals surface area contributed by atoms with Gasteiger partial charge in [-0.1, -0.05) is 6.07 Å². The lowest BCUT2D eigenvalue weighted by Crippen LogP contribution is -2.41. The molecule has 4 nitrogen and oxygen atoms in total. The van der Waals surface area contributed by atoms with E-state index in [1.807, 2.05) is 11.3 Å². The maximum Gasteiger partial charge on any atom is 0.191 e. The molecule has 124 valence electrons. The fraction of sp³-hybridized carbons (Fsp3) is 0.688. The maximum absolute atomic E-state index is 6.21. The Morgan fingerprint density at radius 1 is 1.14 bits per heavy atom. The SMILES string of the molecule is I.NC(=NCC(c1cccs1)N1CCCC1)N1CCCCC1. The number of guanidine groups is 1. The molecule has 1 aromatic rings. The van der Waals surface area contributed by atoms with Crippen LogP contribution in [0.15, 0.2) is 22.5 Å². The molecule has 0 bridgehead atoms. The second-order valence-electron chi connectivity index (χ2n) is 6.02. The number of thiophene rings is 1. The lowest BCUT2D eigenvalue weighted by Gasteiger charge is -2.29. The van der Waals surface area contributed by atoms with Crippen molar-refractivity contribution < 1.29 is 0 Å². The number of hydrogen-bond donors (Lipinski definition) is 1. The van der Waals surface area contributed by atoms with Gasteiger partial charge in [0.25, 0.3) is 0 Å². The topological polar surface area (TPSA) is 44.9 Å². The Labute approximate surface area is 154 Å². The molecule has 3 rings (SSSR count). The normalized spacial score (nSPS) is 21.6.